The maximum Gasteiger partial charge on any atom is 0.419 e. The molecule has 0 spiro atoms. The van der Waals surface area contributed by atoms with E-state index in [0.717, 1.165) is 31.9 Å². The topological polar surface area (TPSA) is 50.9 Å². The molecule has 1 aromatic heterocycles. The van der Waals surface area contributed by atoms with E-state index in [-0.39, 0.29) is 5.91 Å². The van der Waals surface area contributed by atoms with Crippen molar-refractivity contribution < 1.29 is 27.8 Å². The van der Waals surface area contributed by atoms with Crippen molar-refractivity contribution >= 4 is 11.7 Å². The Bertz CT molecular complexity index is 606. The minimum atomic E-state index is -4.33. The number of hydrogen-bond donors (Lipinski definition) is 2. The highest BCUT2D eigenvalue weighted by Gasteiger charge is 2.33. The molecule has 1 aromatic rings. The first kappa shape index (κ1) is 19.9. The summed E-state index contributed by atoms with van der Waals surface area (Å²) in [5.74, 6) is 1.42. The minimum absolute atomic E-state index is 0.102. The molecule has 0 unspecified atom stereocenters. The second kappa shape index (κ2) is 8.91. The molecule has 0 aromatic carbocycles. The monoisotopic (exact) mass is 386 g/mol. The Labute approximate surface area is 157 Å². The predicted octanol–water partition coefficient (Wildman–Crippen LogP) is 0.921. The first-order chi connectivity index (χ1) is 12.9. The lowest BCUT2D eigenvalue weighted by Crippen LogP contribution is -3.16. The van der Waals surface area contributed by atoms with E-state index in [9.17, 15) is 18.0 Å². The number of rotatable bonds is 5. The van der Waals surface area contributed by atoms with Gasteiger partial charge in [-0.3, -0.25) is 9.69 Å². The maximum atomic E-state index is 12.6. The van der Waals surface area contributed by atoms with Crippen molar-refractivity contribution in [1.29, 1.82) is 0 Å². The van der Waals surface area contributed by atoms with E-state index in [4.69, 9.17) is 0 Å². The molecule has 2 heterocycles. The molecule has 1 aliphatic heterocycles. The Hall–Kier alpha value is -1.83. The van der Waals surface area contributed by atoms with E-state index in [1.54, 1.807) is 0 Å². The van der Waals surface area contributed by atoms with Crippen LogP contribution >= 0.6 is 0 Å². The van der Waals surface area contributed by atoms with Gasteiger partial charge in [-0.1, -0.05) is 19.3 Å². The molecule has 5 nitrogen and oxygen atoms in total. The summed E-state index contributed by atoms with van der Waals surface area (Å²) in [6.45, 7) is 4.29. The molecule has 1 saturated carbocycles. The van der Waals surface area contributed by atoms with Gasteiger partial charge in [-0.25, -0.2) is 4.98 Å². The molecule has 3 N–H and O–H groups in total. The number of amides is 1. The van der Waals surface area contributed by atoms with Crippen LogP contribution < -0.4 is 20.1 Å². The highest BCUT2D eigenvalue weighted by Crippen LogP contribution is 2.28. The second-order valence-electron chi connectivity index (χ2n) is 7.68. The first-order valence-electron chi connectivity index (χ1n) is 9.86. The number of nitrogens with zero attached hydrogens (tertiary/aromatic N) is 1. The Morgan fingerprint density at radius 2 is 1.89 bits per heavy atom. The Balaban J connectivity index is 1.40. The number of piperazine rings is 1. The summed E-state index contributed by atoms with van der Waals surface area (Å²) in [5, 5.41) is 3.08. The molecule has 0 atom stereocenters. The van der Waals surface area contributed by atoms with Gasteiger partial charge in [-0.15, -0.1) is 0 Å². The number of hydrogen-bond acceptors (Lipinski definition) is 2. The zero-order valence-electron chi connectivity index (χ0n) is 15.6. The van der Waals surface area contributed by atoms with E-state index < -0.39 is 11.7 Å². The first-order valence-corrected chi connectivity index (χ1v) is 9.86. The zero-order valence-corrected chi connectivity index (χ0v) is 15.6. The van der Waals surface area contributed by atoms with E-state index in [0.29, 0.717) is 31.4 Å². The van der Waals surface area contributed by atoms with Gasteiger partial charge >= 0.3 is 6.18 Å². The number of quaternary nitrogens is 1. The third-order valence-corrected chi connectivity index (χ3v) is 5.66. The van der Waals surface area contributed by atoms with Gasteiger partial charge in [-0.05, 0) is 24.8 Å². The van der Waals surface area contributed by atoms with Crippen molar-refractivity contribution in [2.75, 3.05) is 44.2 Å². The van der Waals surface area contributed by atoms with Crippen LogP contribution in [0.1, 0.15) is 37.7 Å². The third kappa shape index (κ3) is 5.82. The number of nitrogens with one attached hydrogen (secondary N) is 3. The largest absolute Gasteiger partial charge is 0.419 e. The average molecular weight is 386 g/mol. The molecule has 3 rings (SSSR count). The number of H-pyrrole nitrogens is 1. The van der Waals surface area contributed by atoms with Crippen molar-refractivity contribution in [3.8, 4) is 0 Å². The summed E-state index contributed by atoms with van der Waals surface area (Å²) in [6, 6.07) is 2.58. The van der Waals surface area contributed by atoms with Crippen LogP contribution in [0.15, 0.2) is 18.3 Å². The van der Waals surface area contributed by atoms with Crippen LogP contribution in [0.3, 0.4) is 0 Å². The van der Waals surface area contributed by atoms with Gasteiger partial charge in [0, 0.05) is 12.6 Å². The Morgan fingerprint density at radius 3 is 2.48 bits per heavy atom. The van der Waals surface area contributed by atoms with Crippen LogP contribution in [0.5, 0.6) is 0 Å². The van der Waals surface area contributed by atoms with Crippen molar-refractivity contribution in [2.45, 2.75) is 38.3 Å². The number of halogens is 3. The van der Waals surface area contributed by atoms with Crippen LogP contribution in [0.25, 0.3) is 0 Å². The molecule has 1 amide bonds. The molecule has 0 radical (unpaired) electrons. The van der Waals surface area contributed by atoms with Crippen LogP contribution in [0, 0.1) is 5.92 Å². The number of aromatic nitrogens is 1. The molecule has 0 bridgehead atoms. The van der Waals surface area contributed by atoms with E-state index in [1.807, 2.05) is 4.90 Å². The predicted molar refractivity (Wildman–Crippen MR) is 95.4 cm³/mol. The SMILES string of the molecule is O=C(C[NH+]1CCN(c2ccc(C(F)(F)F)c[nH+]2)CC1)NCC1CCCCC1. The molecule has 1 saturated heterocycles. The summed E-state index contributed by atoms with van der Waals surface area (Å²) in [7, 11) is 0. The molecule has 8 heteroatoms. The lowest BCUT2D eigenvalue weighted by atomic mass is 9.89. The molecular formula is C19H29F3N4O+2. The van der Waals surface area contributed by atoms with Crippen LogP contribution in [-0.2, 0) is 11.0 Å². The smallest absolute Gasteiger partial charge is 0.351 e. The van der Waals surface area contributed by atoms with Gasteiger partial charge in [0.1, 0.15) is 32.4 Å². The van der Waals surface area contributed by atoms with E-state index in [2.05, 4.69) is 10.3 Å². The average Bonchev–Trinajstić information content (AvgIpc) is 2.67. The van der Waals surface area contributed by atoms with Crippen LogP contribution in [-0.4, -0.2) is 45.2 Å². The second-order valence-corrected chi connectivity index (χ2v) is 7.68. The standard InChI is InChI=1S/C19H27F3N4O/c20-19(21,22)16-6-7-17(23-13-16)26-10-8-25(9-11-26)14-18(27)24-12-15-4-2-1-3-5-15/h6-7,13,15H,1-5,8-12,14H2,(H,24,27)/p+2. The molecule has 150 valence electrons. The number of carbonyl (C=O) groups excluding carboxylic acids is 1. The lowest BCUT2D eigenvalue weighted by molar-refractivity contribution is -0.892. The fourth-order valence-corrected chi connectivity index (χ4v) is 3.97. The molecule has 1 aliphatic carbocycles. The third-order valence-electron chi connectivity index (χ3n) is 5.66. The van der Waals surface area contributed by atoms with Gasteiger partial charge in [0.2, 0.25) is 0 Å². The molecule has 2 fully saturated rings. The van der Waals surface area contributed by atoms with Gasteiger partial charge in [0.05, 0.1) is 5.56 Å². The number of pyridine rings is 1. The van der Waals surface area contributed by atoms with Gasteiger partial charge in [0.25, 0.3) is 11.7 Å². The quantitative estimate of drug-likeness (QED) is 0.791. The molecule has 2 aliphatic rings. The van der Waals surface area contributed by atoms with Crippen molar-refractivity contribution in [3.05, 3.63) is 23.9 Å². The number of alkyl halides is 3. The summed E-state index contributed by atoms with van der Waals surface area (Å²) < 4.78 is 37.9. The minimum Gasteiger partial charge on any atom is -0.351 e. The highest BCUT2D eigenvalue weighted by atomic mass is 19.4. The van der Waals surface area contributed by atoms with E-state index in [1.165, 1.54) is 43.1 Å². The Morgan fingerprint density at radius 1 is 1.19 bits per heavy atom. The fraction of sp³-hybridized carbons (Fsp3) is 0.684. The van der Waals surface area contributed by atoms with Crippen molar-refractivity contribution in [1.82, 2.24) is 5.32 Å². The normalized spacial score (nSPS) is 19.9. The summed E-state index contributed by atoms with van der Waals surface area (Å²) in [6.07, 6.45) is 2.97. The maximum absolute atomic E-state index is 12.6. The van der Waals surface area contributed by atoms with Crippen LogP contribution in [0.2, 0.25) is 0 Å². The van der Waals surface area contributed by atoms with E-state index >= 15 is 0 Å². The van der Waals surface area contributed by atoms with Gasteiger partial charge in [0.15, 0.2) is 6.54 Å². The lowest BCUT2D eigenvalue weighted by Gasteiger charge is -2.28. The van der Waals surface area contributed by atoms with Crippen molar-refractivity contribution in [2.24, 2.45) is 5.92 Å². The van der Waals surface area contributed by atoms with Crippen molar-refractivity contribution in [3.63, 3.8) is 0 Å². The zero-order chi connectivity index (χ0) is 19.3. The summed E-state index contributed by atoms with van der Waals surface area (Å²) in [4.78, 5) is 18.2. The summed E-state index contributed by atoms with van der Waals surface area (Å²) in [5.41, 5.74) is -0.676. The van der Waals surface area contributed by atoms with Crippen LogP contribution in [0.4, 0.5) is 19.0 Å². The molecule has 27 heavy (non-hydrogen) atoms. The summed E-state index contributed by atoms with van der Waals surface area (Å²) >= 11 is 0. The Kier molecular flexibility index (Phi) is 6.57. The number of anilines is 1. The van der Waals surface area contributed by atoms with Gasteiger partial charge in [-0.2, -0.15) is 13.2 Å². The number of carbonyl (C=O) groups is 1. The highest BCUT2D eigenvalue weighted by molar-refractivity contribution is 5.76. The molecular weight excluding hydrogens is 357 g/mol. The number of aromatic amines is 1. The van der Waals surface area contributed by atoms with Gasteiger partial charge < -0.3 is 10.2 Å². The fourth-order valence-electron chi connectivity index (χ4n) is 3.97.